The van der Waals surface area contributed by atoms with Gasteiger partial charge in [0.25, 0.3) is 0 Å². The molecule has 2 aliphatic heterocycles. The van der Waals surface area contributed by atoms with E-state index in [1.165, 1.54) is 55.9 Å². The number of hydrogen-bond acceptors (Lipinski definition) is 7. The van der Waals surface area contributed by atoms with Crippen LogP contribution >= 0.6 is 0 Å². The average Bonchev–Trinajstić information content (AvgIpc) is 1.65. The molecule has 2 heterocycles. The first-order valence-electron chi connectivity index (χ1n) is 34.6. The van der Waals surface area contributed by atoms with Crippen LogP contribution in [-0.2, 0) is 30.9 Å². The van der Waals surface area contributed by atoms with Gasteiger partial charge in [0.15, 0.2) is 0 Å². The lowest BCUT2D eigenvalue weighted by atomic mass is 9.36. The molecule has 6 fully saturated rings. The Kier molecular flexibility index (Phi) is 15.4. The van der Waals surface area contributed by atoms with Crippen LogP contribution in [-0.4, -0.2) is 57.8 Å². The van der Waals surface area contributed by atoms with Gasteiger partial charge < -0.3 is 24.8 Å². The molecule has 7 heteroatoms. The Labute approximate surface area is 508 Å². The van der Waals surface area contributed by atoms with E-state index in [0.29, 0.717) is 55.3 Å². The van der Waals surface area contributed by atoms with Crippen LogP contribution in [0.4, 0.5) is 0 Å². The third-order valence-corrected chi connectivity index (χ3v) is 26.8. The van der Waals surface area contributed by atoms with Crippen molar-refractivity contribution >= 4 is 22.7 Å². The van der Waals surface area contributed by atoms with Crippen molar-refractivity contribution < 1.29 is 34.4 Å². The summed E-state index contributed by atoms with van der Waals surface area (Å²) in [6.45, 7) is 11.7. The van der Waals surface area contributed by atoms with Crippen LogP contribution in [0.5, 0.6) is 0 Å². The summed E-state index contributed by atoms with van der Waals surface area (Å²) >= 11 is 0. The molecular formula is C78H100O7. The van der Waals surface area contributed by atoms with Crippen LogP contribution in [0.25, 0.3) is 10.8 Å². The first-order chi connectivity index (χ1) is 41.1. The summed E-state index contributed by atoms with van der Waals surface area (Å²) in [5, 5.41) is 46.0. The summed E-state index contributed by atoms with van der Waals surface area (Å²) in [4.78, 5) is 28.6. The first kappa shape index (κ1) is 58.1. The van der Waals surface area contributed by atoms with Crippen molar-refractivity contribution in [3.63, 3.8) is 0 Å². The number of aryl methyl sites for hydroxylation is 1. The topological polar surface area (TPSA) is 113 Å². The number of benzene rings is 4. The minimum Gasteiger partial charge on any atom is -0.462 e. The largest absolute Gasteiger partial charge is 0.462 e. The second-order valence-corrected chi connectivity index (χ2v) is 31.2. The molecule has 0 radical (unpaired) electrons. The molecule has 10 aliphatic rings. The van der Waals surface area contributed by atoms with E-state index in [2.05, 4.69) is 138 Å². The van der Waals surface area contributed by atoms with Crippen LogP contribution in [0.3, 0.4) is 0 Å². The fourth-order valence-corrected chi connectivity index (χ4v) is 23.4. The lowest BCUT2D eigenvalue weighted by Crippen LogP contribution is -2.77. The Morgan fingerprint density at radius 3 is 2.33 bits per heavy atom. The molecule has 0 amide bonds. The number of hydrogen-bond donors (Lipinski definition) is 3. The van der Waals surface area contributed by atoms with E-state index in [9.17, 15) is 20.1 Å². The lowest BCUT2D eigenvalue weighted by molar-refractivity contribution is -0.332. The van der Waals surface area contributed by atoms with Gasteiger partial charge in [0, 0.05) is 23.3 Å². The maximum absolute atomic E-state index is 15.9. The normalized spacial score (nSPS) is 41.6. The van der Waals surface area contributed by atoms with Gasteiger partial charge in [-0.15, -0.1) is 0 Å². The van der Waals surface area contributed by atoms with E-state index >= 15 is 4.79 Å². The van der Waals surface area contributed by atoms with Gasteiger partial charge in [-0.05, 0) is 236 Å². The second kappa shape index (κ2) is 22.5. The number of aliphatic hydroxyl groups is 3. The lowest BCUT2D eigenvalue weighted by Gasteiger charge is -2.71. The maximum Gasteiger partial charge on any atom is 0.331 e. The van der Waals surface area contributed by atoms with Gasteiger partial charge in [-0.1, -0.05) is 163 Å². The molecule has 14 rings (SSSR count). The molecule has 0 aromatic heterocycles. The summed E-state index contributed by atoms with van der Waals surface area (Å²) in [7, 11) is 0. The summed E-state index contributed by atoms with van der Waals surface area (Å²) in [6, 6.07) is 34.8. The summed E-state index contributed by atoms with van der Waals surface area (Å²) < 4.78 is 13.0. The summed E-state index contributed by atoms with van der Waals surface area (Å²) in [6.07, 6.45) is 25.2. The van der Waals surface area contributed by atoms with Gasteiger partial charge >= 0.3 is 11.9 Å². The fourth-order valence-electron chi connectivity index (χ4n) is 23.4. The molecular weight excluding hydrogens is 1050 g/mol. The zero-order valence-electron chi connectivity index (χ0n) is 52.1. The molecule has 4 aromatic carbocycles. The van der Waals surface area contributed by atoms with Crippen LogP contribution in [0.15, 0.2) is 115 Å². The third-order valence-electron chi connectivity index (χ3n) is 26.8. The highest BCUT2D eigenvalue weighted by molar-refractivity contribution is 5.93. The highest BCUT2D eigenvalue weighted by Gasteiger charge is 2.76. The molecule has 2 bridgehead atoms. The van der Waals surface area contributed by atoms with E-state index in [1.807, 2.05) is 0 Å². The number of ether oxygens (including phenoxy) is 2. The SMILES string of the molecule is CC(C)C[C@@H]1CCC[C@@H]2/C=C/[C@H](C[C@H](C)CCCc3ccccc3)[C@H](O)[C@]34[C@@H](O)CC[C@@](C)([C@@H]5CC[C@]67CC[C@@H]8C[C@]9(c%10ccccc%10)CCCC[C@@H]9c9ccc%10cccc(c%10c9[C@@H]86)[C@@H]7C5)[C@@H]3[C@@H](C[C@@H](C)[C@]4(O)CCC3=CC(=O)OC3)OC(=O)[C@@H]12. The molecule has 0 saturated heterocycles. The molecule has 0 unspecified atom stereocenters. The molecule has 85 heavy (non-hydrogen) atoms. The van der Waals surface area contributed by atoms with Gasteiger partial charge in [0.2, 0.25) is 0 Å². The Balaban J connectivity index is 0.906. The van der Waals surface area contributed by atoms with Crippen molar-refractivity contribution in [1.29, 1.82) is 0 Å². The number of carbonyl (C=O) groups excluding carboxylic acids is 2. The van der Waals surface area contributed by atoms with Crippen LogP contribution in [0.1, 0.15) is 221 Å². The van der Waals surface area contributed by atoms with Crippen molar-refractivity contribution in [3.05, 3.63) is 143 Å². The second-order valence-electron chi connectivity index (χ2n) is 31.2. The third kappa shape index (κ3) is 9.29. The van der Waals surface area contributed by atoms with Crippen molar-refractivity contribution in [2.24, 2.45) is 75.4 Å². The molecule has 454 valence electrons. The molecule has 1 spiro atoms. The van der Waals surface area contributed by atoms with Crippen molar-refractivity contribution in [2.75, 3.05) is 6.61 Å². The Morgan fingerprint density at radius 1 is 0.741 bits per heavy atom. The Bertz CT molecular complexity index is 3180. The van der Waals surface area contributed by atoms with Gasteiger partial charge in [0.05, 0.1) is 29.1 Å². The van der Waals surface area contributed by atoms with Crippen LogP contribution < -0.4 is 0 Å². The number of cyclic esters (lactones) is 1. The molecule has 6 saturated carbocycles. The van der Waals surface area contributed by atoms with Gasteiger partial charge in [-0.25, -0.2) is 4.79 Å². The monoisotopic (exact) mass is 1150 g/mol. The van der Waals surface area contributed by atoms with Gasteiger partial charge in [0.1, 0.15) is 12.7 Å². The van der Waals surface area contributed by atoms with E-state index in [1.54, 1.807) is 33.7 Å². The molecule has 3 N–H and O–H groups in total. The summed E-state index contributed by atoms with van der Waals surface area (Å²) in [5.74, 6) is 0.748. The molecule has 20 atom stereocenters. The number of allylic oxidation sites excluding steroid dienone is 1. The quantitative estimate of drug-likeness (QED) is 0.0903. The van der Waals surface area contributed by atoms with E-state index in [4.69, 9.17) is 9.47 Å². The van der Waals surface area contributed by atoms with Crippen LogP contribution in [0, 0.1) is 75.4 Å². The average molecular weight is 1150 g/mol. The van der Waals surface area contributed by atoms with Crippen molar-refractivity contribution in [1.82, 2.24) is 0 Å². The Hall–Kier alpha value is -4.56. The van der Waals surface area contributed by atoms with E-state index in [-0.39, 0.29) is 65.4 Å². The molecule has 7 nitrogen and oxygen atoms in total. The smallest absolute Gasteiger partial charge is 0.331 e. The number of carbonyl (C=O) groups is 2. The molecule has 4 aromatic rings. The zero-order chi connectivity index (χ0) is 58.6. The predicted molar refractivity (Wildman–Crippen MR) is 338 cm³/mol. The van der Waals surface area contributed by atoms with Gasteiger partial charge in [-0.3, -0.25) is 4.79 Å². The number of fused-ring (bicyclic) bond motifs is 4. The zero-order valence-corrected chi connectivity index (χ0v) is 52.1. The van der Waals surface area contributed by atoms with E-state index in [0.717, 1.165) is 76.2 Å². The number of aliphatic hydroxyl groups excluding tert-OH is 2. The minimum absolute atomic E-state index is 0.0253. The van der Waals surface area contributed by atoms with E-state index < -0.39 is 52.5 Å². The summed E-state index contributed by atoms with van der Waals surface area (Å²) in [5.41, 5.74) is 5.25. The molecule has 8 aliphatic carbocycles. The highest BCUT2D eigenvalue weighted by Crippen LogP contribution is 2.77. The first-order valence-corrected chi connectivity index (χ1v) is 34.6. The van der Waals surface area contributed by atoms with Gasteiger partial charge in [-0.2, -0.15) is 0 Å². The van der Waals surface area contributed by atoms with Crippen LogP contribution in [0.2, 0.25) is 0 Å². The highest BCUT2D eigenvalue weighted by atomic mass is 16.5. The minimum atomic E-state index is -1.59. The predicted octanol–water partition coefficient (Wildman–Crippen LogP) is 16.6. The fraction of sp³-hybridized carbons (Fsp3) is 0.641. The van der Waals surface area contributed by atoms with Crippen molar-refractivity contribution in [2.45, 2.75) is 229 Å². The maximum atomic E-state index is 15.9. The standard InChI is InChI=1S/C78H100O7/c1-48(2)41-55-23-15-21-53-28-29-56(42-49(3)17-14-20-51-18-8-6-9-19-51)72(81)78-65(79)35-37-74(5,71(78)64(85-73(82)67(53)55)43-50(4)77(78,83)40-32-52-44-66(80)84-47-52)59-34-39-75-38-33-57-46-76(58-24-10-7-11-25-58)36-13-12-27-62(76)61-31-30-54-22-16-26-60(63(75)45-59)68(54)69(61)70(57)75/h6-11,16,18-19,22,24-26,28-31,44,48-50,53,55-57,59,62-65,67,70-72,79,81,83H,12-15,17,20-21,23,27,32-43,45-47H2,1-5H3/b29-28+/t49-,50-,53-,55+,56-,57-,59-,62-,63+,64-,65+,67-,70-,71+,72+,74+,75+,76+,77-,78+/m1/s1. The number of esters is 2. The number of rotatable bonds is 13. The van der Waals surface area contributed by atoms with Crippen molar-refractivity contribution in [3.8, 4) is 0 Å². The Morgan fingerprint density at radius 2 is 1.54 bits per heavy atom.